The normalized spacial score (nSPS) is 27.3. The summed E-state index contributed by atoms with van der Waals surface area (Å²) in [6.07, 6.45) is 4.59. The van der Waals surface area contributed by atoms with Gasteiger partial charge in [-0.05, 0) is 192 Å². The number of rotatable bonds is 28. The highest BCUT2D eigenvalue weighted by atomic mass is 16.6. The zero-order valence-corrected chi connectivity index (χ0v) is 75.5. The molecule has 4 saturated heterocycles. The third-order valence-corrected chi connectivity index (χ3v) is 25.7. The molecule has 8 aliphatic heterocycles. The quantitative estimate of drug-likeness (QED) is 0.0303. The van der Waals surface area contributed by atoms with Crippen LogP contribution in [0.4, 0.5) is 0 Å². The van der Waals surface area contributed by atoms with Gasteiger partial charge in [-0.1, -0.05) is 111 Å². The van der Waals surface area contributed by atoms with Gasteiger partial charge < -0.3 is 79.8 Å². The van der Waals surface area contributed by atoms with Gasteiger partial charge in [0.05, 0.1) is 65.0 Å². The minimum Gasteiger partial charge on any atom is -0.493 e. The van der Waals surface area contributed by atoms with Crippen molar-refractivity contribution in [3.8, 4) is 46.0 Å². The average molecular weight is 1690 g/mol. The number of methoxy groups -OCH3 is 8. The number of benzene rings is 4. The lowest BCUT2D eigenvalue weighted by atomic mass is 9.79. The number of carbonyl (C=O) groups excluding carboxylic acids is 4. The van der Waals surface area contributed by atoms with E-state index < -0.39 is 75.4 Å². The first-order valence-electron chi connectivity index (χ1n) is 49.7. The number of hydrogen-bond donors (Lipinski definition) is 4. The Morgan fingerprint density at radius 1 is 0.358 bits per heavy atom. The van der Waals surface area contributed by atoms with Crippen LogP contribution in [0.2, 0.25) is 0 Å². The predicted molar refractivity (Wildman–Crippen MR) is 471 cm³/mol. The smallest absolute Gasteiger partial charge is 0.323 e. The molecule has 0 radical (unpaired) electrons. The SMILES string of the molecule is COc1cc2c(cc1OC)[C@@H]1C[C@@H](OC(=O)[C@@H](N)C(C)C)[C@@H](CC(C)C)CN1CC2.[2H]C([2H])([2H])C([2H])(C)C([2H])([2H])[C@H]1CN2CCc3cc(OC)c(OC)cc3[C@@H]2C[C@H]1OC(=O)[C@@H](N)C(C)C.[2H]C([2H])([2H])Oc1cc2c(cc1OC)[C@@H]1C[C@@H](OC(=O)[C@@H](N)C(C)C)[C@@H](CC(C)C)CN1CC2.[2H]C([2H])([2H])Oc1cc2c(cc1OC)[C@@H]1C[C@@H](OC(=O)[C@@H](N)C(C)C)[C@@H](CC(C)C)CN1CC2. The average Bonchev–Trinajstić information content (AvgIpc) is 0.743. The molecule has 17 atom stereocenters. The summed E-state index contributed by atoms with van der Waals surface area (Å²) < 4.78 is 162. The van der Waals surface area contributed by atoms with Crippen molar-refractivity contribution in [1.29, 1.82) is 0 Å². The summed E-state index contributed by atoms with van der Waals surface area (Å²) in [6, 6.07) is 12.7. The number of nitrogens with zero attached hydrogens (tertiary/aromatic N) is 4. The molecule has 4 aromatic carbocycles. The van der Waals surface area contributed by atoms with Gasteiger partial charge in [0.25, 0.3) is 0 Å². The van der Waals surface area contributed by atoms with Gasteiger partial charge in [0.2, 0.25) is 0 Å². The van der Waals surface area contributed by atoms with E-state index >= 15 is 0 Å². The zero-order valence-electron chi connectivity index (χ0n) is 87.5. The van der Waals surface area contributed by atoms with Crippen LogP contribution in [0.15, 0.2) is 48.5 Å². The van der Waals surface area contributed by atoms with E-state index in [2.05, 4.69) is 73.3 Å². The molecule has 24 heteroatoms. The molecule has 0 aromatic heterocycles. The van der Waals surface area contributed by atoms with Crippen LogP contribution in [0, 0.1) is 71.0 Å². The van der Waals surface area contributed by atoms with Crippen LogP contribution in [0.1, 0.15) is 247 Å². The van der Waals surface area contributed by atoms with Crippen LogP contribution in [-0.4, -0.2) is 201 Å². The summed E-state index contributed by atoms with van der Waals surface area (Å²) in [5.41, 5.74) is 33.1. The second-order valence-corrected chi connectivity index (χ2v) is 36.9. The molecular formula is C96H152N8O16. The molecule has 0 spiro atoms. The molecule has 0 bridgehead atoms. The lowest BCUT2D eigenvalue weighted by Crippen LogP contribution is -2.51. The third kappa shape index (κ3) is 23.8. The monoisotopic (exact) mass is 1690 g/mol. The fraction of sp³-hybridized carbons (Fsp3) is 0.708. The summed E-state index contributed by atoms with van der Waals surface area (Å²) in [5.74, 6) is 1.08. The summed E-state index contributed by atoms with van der Waals surface area (Å²) in [6.45, 7) is 32.7. The third-order valence-electron chi connectivity index (χ3n) is 25.7. The van der Waals surface area contributed by atoms with Gasteiger partial charge in [-0.15, -0.1) is 0 Å². The van der Waals surface area contributed by atoms with Crippen molar-refractivity contribution in [2.24, 2.45) is 93.9 Å². The Balaban J connectivity index is 0.000000198. The first kappa shape index (κ1) is 80.0. The molecule has 4 aromatic rings. The van der Waals surface area contributed by atoms with Crippen LogP contribution in [-0.2, 0) is 63.8 Å². The van der Waals surface area contributed by atoms with E-state index in [1.165, 1.54) is 25.3 Å². The highest BCUT2D eigenvalue weighted by Crippen LogP contribution is 2.50. The van der Waals surface area contributed by atoms with Crippen molar-refractivity contribution in [3.05, 3.63) is 93.0 Å². The molecule has 0 aliphatic carbocycles. The van der Waals surface area contributed by atoms with Gasteiger partial charge in [-0.3, -0.25) is 38.8 Å². The van der Waals surface area contributed by atoms with E-state index in [0.717, 1.165) is 136 Å². The Morgan fingerprint density at radius 3 is 0.783 bits per heavy atom. The van der Waals surface area contributed by atoms with E-state index in [1.807, 2.05) is 65.8 Å². The van der Waals surface area contributed by atoms with E-state index in [1.54, 1.807) is 54.4 Å². The summed E-state index contributed by atoms with van der Waals surface area (Å²) >= 11 is 0. The Hall–Kier alpha value is -7.16. The number of hydrogen-bond acceptors (Lipinski definition) is 24. The van der Waals surface area contributed by atoms with Gasteiger partial charge >= 0.3 is 23.9 Å². The highest BCUT2D eigenvalue weighted by molar-refractivity contribution is 5.77. The minimum absolute atomic E-state index is 0.0115. The number of ether oxygens (including phenoxy) is 12. The maximum atomic E-state index is 12.9. The Kier molecular flexibility index (Phi) is 29.3. The van der Waals surface area contributed by atoms with Crippen LogP contribution < -0.4 is 60.8 Å². The molecule has 672 valence electrons. The van der Waals surface area contributed by atoms with Gasteiger partial charge in [0, 0.05) is 134 Å². The predicted octanol–water partition coefficient (Wildman–Crippen LogP) is 14.3. The Labute approximate surface area is 735 Å². The van der Waals surface area contributed by atoms with Gasteiger partial charge in [-0.25, -0.2) is 0 Å². The maximum Gasteiger partial charge on any atom is 0.323 e. The largest absolute Gasteiger partial charge is 0.493 e. The topological polar surface area (TPSA) is 296 Å². The number of nitrogens with two attached hydrogens (primary N) is 4. The van der Waals surface area contributed by atoms with Crippen molar-refractivity contribution in [2.75, 3.05) is 109 Å². The van der Waals surface area contributed by atoms with E-state index in [9.17, 15) is 19.2 Å². The van der Waals surface area contributed by atoms with Crippen LogP contribution >= 0.6 is 0 Å². The number of fused-ring (bicyclic) bond motifs is 12. The first-order valence-corrected chi connectivity index (χ1v) is 43.7. The summed E-state index contributed by atoms with van der Waals surface area (Å²) in [7, 11) is 4.38. The minimum atomic E-state index is -2.88. The highest BCUT2D eigenvalue weighted by Gasteiger charge is 2.47. The van der Waals surface area contributed by atoms with Gasteiger partial charge in [0.15, 0.2) is 46.0 Å². The molecule has 8 N–H and O–H groups in total. The van der Waals surface area contributed by atoms with Crippen molar-refractivity contribution in [3.63, 3.8) is 0 Å². The molecule has 24 nitrogen and oxygen atoms in total. The fourth-order valence-electron chi connectivity index (χ4n) is 18.9. The lowest BCUT2D eigenvalue weighted by Gasteiger charge is -2.47. The lowest BCUT2D eigenvalue weighted by molar-refractivity contribution is -0.161. The molecule has 8 heterocycles. The van der Waals surface area contributed by atoms with Gasteiger partial charge in [-0.2, -0.15) is 0 Å². The number of piperidine rings is 4. The van der Waals surface area contributed by atoms with E-state index in [-0.39, 0.29) is 120 Å². The van der Waals surface area contributed by atoms with Crippen LogP contribution in [0.5, 0.6) is 46.0 Å². The molecule has 1 unspecified atom stereocenters. The Morgan fingerprint density at radius 2 is 0.575 bits per heavy atom. The molecule has 0 amide bonds. The zero-order chi connectivity index (χ0) is 98.2. The van der Waals surface area contributed by atoms with Crippen molar-refractivity contribution >= 4 is 23.9 Å². The van der Waals surface area contributed by atoms with E-state index in [0.29, 0.717) is 72.5 Å². The molecular weight excluding hydrogens is 1520 g/mol. The maximum absolute atomic E-state index is 12.9. The van der Waals surface area contributed by atoms with E-state index in [4.69, 9.17) is 96.2 Å². The number of carbonyl (C=O) groups is 4. The molecule has 4 fully saturated rings. The second kappa shape index (κ2) is 43.9. The molecule has 120 heavy (non-hydrogen) atoms. The standard InChI is InChI=1S/4C24H38N2O4/c4*1-14(2)9-17-13-26-8-7-16-10-21(28-5)22(29-6)11-18(16)19(26)12-20(17)30-24(27)23(25)15(3)4/h4*10-11,14-15,17,19-20,23H,7-9,12-13,25H2,1-6H3/t4*17-,19-,20+,23-/m0000/s1/i1D3,9D2,14D;2*5D3;/t14?,17-,19-,20+,23-;3m. The van der Waals surface area contributed by atoms with Crippen LogP contribution in [0.25, 0.3) is 0 Å². The Bertz CT molecular complexity index is 4380. The fourth-order valence-corrected chi connectivity index (χ4v) is 18.9. The van der Waals surface area contributed by atoms with Crippen molar-refractivity contribution < 1.29 is 92.5 Å². The molecule has 0 saturated carbocycles. The first-order chi connectivity index (χ1) is 61.6. The number of esters is 4. The van der Waals surface area contributed by atoms with Gasteiger partial charge in [0.1, 0.15) is 48.6 Å². The second-order valence-electron chi connectivity index (χ2n) is 36.9. The molecule has 8 aliphatic rings. The summed E-state index contributed by atoms with van der Waals surface area (Å²) in [5, 5.41) is 0. The van der Waals surface area contributed by atoms with Crippen molar-refractivity contribution in [2.45, 2.75) is 260 Å². The van der Waals surface area contributed by atoms with Crippen molar-refractivity contribution in [1.82, 2.24) is 19.6 Å². The van der Waals surface area contributed by atoms with Crippen LogP contribution in [0.3, 0.4) is 0 Å². The molecule has 12 rings (SSSR count). The summed E-state index contributed by atoms with van der Waals surface area (Å²) in [4.78, 5) is 60.5.